The number of amides is 1. The average Bonchev–Trinajstić information content (AvgIpc) is 2.13. The first kappa shape index (κ1) is 6.33. The smallest absolute Gasteiger partial charge is 0.222 e. The molecule has 1 fully saturated rings. The third-order valence-electron chi connectivity index (χ3n) is 1.70. The van der Waals surface area contributed by atoms with Crippen molar-refractivity contribution in [3.05, 3.63) is 12.7 Å². The van der Waals surface area contributed by atoms with Gasteiger partial charge in [0.25, 0.3) is 0 Å². The molecule has 0 aromatic rings. The van der Waals surface area contributed by atoms with Crippen molar-refractivity contribution in [1.82, 2.24) is 4.90 Å². The summed E-state index contributed by atoms with van der Waals surface area (Å²) in [6.07, 6.45) is 2.50. The predicted molar refractivity (Wildman–Crippen MR) is 35.9 cm³/mol. The minimum absolute atomic E-state index is 0.236. The summed E-state index contributed by atoms with van der Waals surface area (Å²) in [5.41, 5.74) is 0. The van der Waals surface area contributed by atoms with Gasteiger partial charge in [-0.2, -0.15) is 0 Å². The molecule has 1 saturated heterocycles. The number of rotatable bonds is 1. The maximum atomic E-state index is 10.8. The van der Waals surface area contributed by atoms with Crippen LogP contribution in [0.1, 0.15) is 6.42 Å². The van der Waals surface area contributed by atoms with Crippen molar-refractivity contribution in [2.75, 3.05) is 13.6 Å². The average molecular weight is 125 g/mol. The van der Waals surface area contributed by atoms with Crippen LogP contribution in [0.2, 0.25) is 0 Å². The lowest BCUT2D eigenvalue weighted by molar-refractivity contribution is -0.126. The normalized spacial score (nSPS) is 27.0. The zero-order valence-electron chi connectivity index (χ0n) is 5.63. The Hall–Kier alpha value is -0.790. The molecule has 1 unspecified atom stereocenters. The quantitative estimate of drug-likeness (QED) is 0.471. The molecule has 50 valence electrons. The largest absolute Gasteiger partial charge is 0.345 e. The topological polar surface area (TPSA) is 20.3 Å². The Labute approximate surface area is 55.2 Å². The van der Waals surface area contributed by atoms with Crippen LogP contribution in [0.25, 0.3) is 0 Å². The molecule has 0 saturated carbocycles. The van der Waals surface area contributed by atoms with E-state index in [2.05, 4.69) is 6.58 Å². The highest BCUT2D eigenvalue weighted by Crippen LogP contribution is 2.15. The van der Waals surface area contributed by atoms with Crippen LogP contribution in [-0.4, -0.2) is 24.4 Å². The van der Waals surface area contributed by atoms with Crippen molar-refractivity contribution in [1.29, 1.82) is 0 Å². The van der Waals surface area contributed by atoms with Gasteiger partial charge < -0.3 is 4.90 Å². The van der Waals surface area contributed by atoms with E-state index in [4.69, 9.17) is 0 Å². The summed E-state index contributed by atoms with van der Waals surface area (Å²) >= 11 is 0. The molecule has 0 aromatic heterocycles. The molecule has 0 spiro atoms. The molecule has 0 bridgehead atoms. The highest BCUT2D eigenvalue weighted by atomic mass is 16.2. The Balaban J connectivity index is 2.53. The summed E-state index contributed by atoms with van der Waals surface area (Å²) in [4.78, 5) is 12.6. The fraction of sp³-hybridized carbons (Fsp3) is 0.571. The van der Waals surface area contributed by atoms with E-state index in [-0.39, 0.29) is 5.91 Å². The first-order valence-electron chi connectivity index (χ1n) is 3.10. The molecule has 2 heteroatoms. The molecule has 1 rings (SSSR count). The van der Waals surface area contributed by atoms with E-state index in [9.17, 15) is 4.79 Å². The molecule has 0 aromatic carbocycles. The van der Waals surface area contributed by atoms with Gasteiger partial charge in [0.1, 0.15) is 0 Å². The monoisotopic (exact) mass is 125 g/mol. The number of likely N-dealkylation sites (tertiary alicyclic amines) is 1. The first-order chi connectivity index (χ1) is 4.24. The zero-order chi connectivity index (χ0) is 6.85. The Morgan fingerprint density at radius 3 is 2.78 bits per heavy atom. The molecule has 1 atom stereocenters. The molecular formula is C7H11NO. The molecule has 0 radical (unpaired) electrons. The fourth-order valence-electron chi connectivity index (χ4n) is 1.06. The van der Waals surface area contributed by atoms with E-state index in [1.807, 2.05) is 13.1 Å². The van der Waals surface area contributed by atoms with E-state index in [0.717, 1.165) is 6.54 Å². The van der Waals surface area contributed by atoms with Gasteiger partial charge in [-0.05, 0) is 0 Å². The maximum absolute atomic E-state index is 10.8. The van der Waals surface area contributed by atoms with Gasteiger partial charge in [-0.1, -0.05) is 6.08 Å². The van der Waals surface area contributed by atoms with Gasteiger partial charge in [-0.25, -0.2) is 0 Å². The molecule has 0 N–H and O–H groups in total. The summed E-state index contributed by atoms with van der Waals surface area (Å²) in [5, 5.41) is 0. The van der Waals surface area contributed by atoms with Gasteiger partial charge in [0.15, 0.2) is 0 Å². The Morgan fingerprint density at radius 1 is 1.89 bits per heavy atom. The van der Waals surface area contributed by atoms with Gasteiger partial charge in [-0.15, -0.1) is 6.58 Å². The SMILES string of the molecule is C=CC1CC(=O)N(C)C1. The second-order valence-corrected chi connectivity index (χ2v) is 2.47. The summed E-state index contributed by atoms with van der Waals surface area (Å²) < 4.78 is 0. The highest BCUT2D eigenvalue weighted by Gasteiger charge is 2.23. The third-order valence-corrected chi connectivity index (χ3v) is 1.70. The van der Waals surface area contributed by atoms with E-state index < -0.39 is 0 Å². The lowest BCUT2D eigenvalue weighted by atomic mass is 10.1. The highest BCUT2D eigenvalue weighted by molar-refractivity contribution is 5.78. The van der Waals surface area contributed by atoms with Crippen molar-refractivity contribution in [3.63, 3.8) is 0 Å². The van der Waals surface area contributed by atoms with Crippen LogP contribution in [0.5, 0.6) is 0 Å². The van der Waals surface area contributed by atoms with Crippen molar-refractivity contribution in [3.8, 4) is 0 Å². The van der Waals surface area contributed by atoms with Gasteiger partial charge >= 0.3 is 0 Å². The second kappa shape index (κ2) is 2.21. The summed E-state index contributed by atoms with van der Waals surface area (Å²) in [6.45, 7) is 4.48. The molecule has 1 aliphatic heterocycles. The Kier molecular flexibility index (Phi) is 1.56. The first-order valence-corrected chi connectivity index (χ1v) is 3.10. The Morgan fingerprint density at radius 2 is 2.56 bits per heavy atom. The van der Waals surface area contributed by atoms with Crippen LogP contribution < -0.4 is 0 Å². The number of nitrogens with zero attached hydrogens (tertiary/aromatic N) is 1. The van der Waals surface area contributed by atoms with Crippen LogP contribution in [0.15, 0.2) is 12.7 Å². The van der Waals surface area contributed by atoms with Crippen molar-refractivity contribution in [2.45, 2.75) is 6.42 Å². The molecule has 1 amide bonds. The third kappa shape index (κ3) is 1.12. The lowest BCUT2D eigenvalue weighted by Crippen LogP contribution is -2.18. The molecule has 9 heavy (non-hydrogen) atoms. The standard InChI is InChI=1S/C7H11NO/c1-3-6-4-7(9)8(2)5-6/h3,6H,1,4-5H2,2H3. The van der Waals surface area contributed by atoms with Crippen LogP contribution in [0, 0.1) is 5.92 Å². The summed E-state index contributed by atoms with van der Waals surface area (Å²) in [7, 11) is 1.83. The number of hydrogen-bond donors (Lipinski definition) is 0. The number of carbonyl (C=O) groups is 1. The number of carbonyl (C=O) groups excluding carboxylic acids is 1. The van der Waals surface area contributed by atoms with Gasteiger partial charge in [0.05, 0.1) is 0 Å². The zero-order valence-corrected chi connectivity index (χ0v) is 5.63. The van der Waals surface area contributed by atoms with Crippen molar-refractivity contribution in [2.24, 2.45) is 5.92 Å². The predicted octanol–water partition coefficient (Wildman–Crippen LogP) is 0.651. The van der Waals surface area contributed by atoms with Crippen molar-refractivity contribution >= 4 is 5.91 Å². The molecule has 2 nitrogen and oxygen atoms in total. The molecule has 1 heterocycles. The van der Waals surface area contributed by atoms with Gasteiger partial charge in [0.2, 0.25) is 5.91 Å². The summed E-state index contributed by atoms with van der Waals surface area (Å²) in [6, 6.07) is 0. The van der Waals surface area contributed by atoms with Gasteiger partial charge in [-0.3, -0.25) is 4.79 Å². The minimum atomic E-state index is 0.236. The van der Waals surface area contributed by atoms with Gasteiger partial charge in [0, 0.05) is 25.9 Å². The minimum Gasteiger partial charge on any atom is -0.345 e. The van der Waals surface area contributed by atoms with Crippen LogP contribution in [0.3, 0.4) is 0 Å². The maximum Gasteiger partial charge on any atom is 0.222 e. The van der Waals surface area contributed by atoms with E-state index in [1.54, 1.807) is 4.90 Å². The second-order valence-electron chi connectivity index (χ2n) is 2.47. The lowest BCUT2D eigenvalue weighted by Gasteiger charge is -2.05. The fourth-order valence-corrected chi connectivity index (χ4v) is 1.06. The van der Waals surface area contributed by atoms with Crippen LogP contribution in [-0.2, 0) is 4.79 Å². The van der Waals surface area contributed by atoms with Crippen molar-refractivity contribution < 1.29 is 4.79 Å². The van der Waals surface area contributed by atoms with E-state index in [1.165, 1.54) is 0 Å². The van der Waals surface area contributed by atoms with E-state index in [0.29, 0.717) is 12.3 Å². The Bertz CT molecular complexity index is 142. The number of hydrogen-bond acceptors (Lipinski definition) is 1. The summed E-state index contributed by atoms with van der Waals surface area (Å²) in [5.74, 6) is 0.627. The van der Waals surface area contributed by atoms with E-state index >= 15 is 0 Å². The molecular weight excluding hydrogens is 114 g/mol. The molecule has 1 aliphatic rings. The van der Waals surface area contributed by atoms with Crippen LogP contribution >= 0.6 is 0 Å². The van der Waals surface area contributed by atoms with Crippen LogP contribution in [0.4, 0.5) is 0 Å². The molecule has 0 aliphatic carbocycles.